The van der Waals surface area contributed by atoms with Gasteiger partial charge in [-0.15, -0.1) is 0 Å². The van der Waals surface area contributed by atoms with Gasteiger partial charge in [0.25, 0.3) is 5.91 Å². The molecule has 3 heterocycles. The van der Waals surface area contributed by atoms with Crippen LogP contribution in [0.15, 0.2) is 79.3 Å². The van der Waals surface area contributed by atoms with Gasteiger partial charge in [-0.05, 0) is 49.4 Å². The van der Waals surface area contributed by atoms with E-state index in [1.165, 1.54) is 11.3 Å². The fourth-order valence-corrected chi connectivity index (χ4v) is 4.24. The van der Waals surface area contributed by atoms with E-state index in [-0.39, 0.29) is 5.91 Å². The first-order valence-electron chi connectivity index (χ1n) is 10.1. The number of para-hydroxylation sites is 1. The van der Waals surface area contributed by atoms with Crippen LogP contribution in [0.1, 0.15) is 17.3 Å². The normalized spacial score (nSPS) is 10.9. The molecule has 158 valence electrons. The van der Waals surface area contributed by atoms with E-state index in [0.29, 0.717) is 23.0 Å². The number of nitrogens with zero attached hydrogens (tertiary/aromatic N) is 4. The summed E-state index contributed by atoms with van der Waals surface area (Å²) in [5.74, 6) is 0.500. The third kappa shape index (κ3) is 3.95. The van der Waals surface area contributed by atoms with Crippen molar-refractivity contribution in [1.82, 2.24) is 19.7 Å². The van der Waals surface area contributed by atoms with E-state index in [1.807, 2.05) is 67.6 Å². The molecule has 1 amide bonds. The molecule has 32 heavy (non-hydrogen) atoms. The Balaban J connectivity index is 1.50. The Morgan fingerprint density at radius 3 is 2.78 bits per heavy atom. The van der Waals surface area contributed by atoms with Crippen molar-refractivity contribution in [2.75, 3.05) is 11.9 Å². The average Bonchev–Trinajstić information content (AvgIpc) is 3.44. The van der Waals surface area contributed by atoms with Gasteiger partial charge >= 0.3 is 0 Å². The molecule has 0 aliphatic heterocycles. The second kappa shape index (κ2) is 8.60. The van der Waals surface area contributed by atoms with E-state index < -0.39 is 0 Å². The summed E-state index contributed by atoms with van der Waals surface area (Å²) >= 11 is 1.40. The van der Waals surface area contributed by atoms with Gasteiger partial charge in [0.05, 0.1) is 28.1 Å². The Hall–Kier alpha value is -4.04. The molecule has 7 nitrogen and oxygen atoms in total. The minimum Gasteiger partial charge on any atom is -0.494 e. The molecule has 3 aromatic heterocycles. The van der Waals surface area contributed by atoms with Gasteiger partial charge in [0.15, 0.2) is 5.13 Å². The molecule has 0 bridgehead atoms. The molecular weight excluding hydrogens is 422 g/mol. The number of hydrogen-bond acceptors (Lipinski definition) is 6. The zero-order valence-corrected chi connectivity index (χ0v) is 18.0. The lowest BCUT2D eigenvalue weighted by atomic mass is 10.1. The van der Waals surface area contributed by atoms with Gasteiger partial charge in [-0.1, -0.05) is 29.5 Å². The van der Waals surface area contributed by atoms with Crippen molar-refractivity contribution in [3.63, 3.8) is 0 Å². The van der Waals surface area contributed by atoms with Gasteiger partial charge in [0.2, 0.25) is 0 Å². The maximum atomic E-state index is 13.3. The zero-order valence-electron chi connectivity index (χ0n) is 17.2. The number of anilines is 1. The molecule has 0 unspecified atom stereocenters. The number of fused-ring (bicyclic) bond motifs is 1. The Morgan fingerprint density at radius 2 is 2.00 bits per heavy atom. The van der Waals surface area contributed by atoms with Crippen LogP contribution >= 0.6 is 11.3 Å². The van der Waals surface area contributed by atoms with Gasteiger partial charge in [0.1, 0.15) is 11.4 Å². The van der Waals surface area contributed by atoms with Crippen LogP contribution < -0.4 is 10.1 Å². The minimum atomic E-state index is -0.282. The van der Waals surface area contributed by atoms with Gasteiger partial charge in [-0.25, -0.2) is 9.67 Å². The zero-order chi connectivity index (χ0) is 21.9. The summed E-state index contributed by atoms with van der Waals surface area (Å²) in [6, 6.07) is 19.1. The molecule has 0 radical (unpaired) electrons. The molecule has 0 saturated carbocycles. The molecule has 0 saturated heterocycles. The predicted molar refractivity (Wildman–Crippen MR) is 126 cm³/mol. The number of thiazole rings is 1. The van der Waals surface area contributed by atoms with Crippen molar-refractivity contribution >= 4 is 32.6 Å². The number of benzene rings is 2. The summed E-state index contributed by atoms with van der Waals surface area (Å²) in [5.41, 5.74) is 3.43. The third-order valence-corrected chi connectivity index (χ3v) is 5.74. The van der Waals surface area contributed by atoms with Crippen molar-refractivity contribution in [3.05, 3.63) is 84.8 Å². The number of pyridine rings is 1. The highest BCUT2D eigenvalue weighted by Crippen LogP contribution is 2.30. The number of nitrogens with one attached hydrogen (secondary N) is 1. The summed E-state index contributed by atoms with van der Waals surface area (Å²) in [6.45, 7) is 2.54. The molecule has 2 aromatic carbocycles. The lowest BCUT2D eigenvalue weighted by Gasteiger charge is -2.02. The van der Waals surface area contributed by atoms with Gasteiger partial charge in [0, 0.05) is 24.2 Å². The highest BCUT2D eigenvalue weighted by Gasteiger charge is 2.20. The topological polar surface area (TPSA) is 81.9 Å². The van der Waals surface area contributed by atoms with E-state index in [4.69, 9.17) is 4.74 Å². The van der Waals surface area contributed by atoms with Gasteiger partial charge in [-0.2, -0.15) is 5.10 Å². The van der Waals surface area contributed by atoms with Crippen LogP contribution in [0.4, 0.5) is 5.13 Å². The summed E-state index contributed by atoms with van der Waals surface area (Å²) < 4.78 is 8.20. The quantitative estimate of drug-likeness (QED) is 0.392. The highest BCUT2D eigenvalue weighted by atomic mass is 32.1. The van der Waals surface area contributed by atoms with E-state index >= 15 is 0 Å². The minimum absolute atomic E-state index is 0.282. The number of carbonyl (C=O) groups excluding carboxylic acids is 1. The fraction of sp³-hybridized carbons (Fsp3) is 0.0833. The van der Waals surface area contributed by atoms with Crippen LogP contribution in [0.25, 0.3) is 27.2 Å². The number of hydrogen-bond donors (Lipinski definition) is 1. The monoisotopic (exact) mass is 441 g/mol. The predicted octanol–water partition coefficient (Wildman–Crippen LogP) is 5.20. The Bertz CT molecular complexity index is 1380. The molecule has 1 N–H and O–H groups in total. The molecule has 0 atom stereocenters. The van der Waals surface area contributed by atoms with E-state index in [0.717, 1.165) is 27.2 Å². The van der Waals surface area contributed by atoms with Crippen molar-refractivity contribution in [2.24, 2.45) is 0 Å². The van der Waals surface area contributed by atoms with Crippen LogP contribution in [0.3, 0.4) is 0 Å². The largest absolute Gasteiger partial charge is 0.494 e. The van der Waals surface area contributed by atoms with Crippen molar-refractivity contribution < 1.29 is 9.53 Å². The number of aromatic nitrogens is 4. The molecule has 0 fully saturated rings. The fourth-order valence-electron chi connectivity index (χ4n) is 3.35. The smallest absolute Gasteiger partial charge is 0.261 e. The van der Waals surface area contributed by atoms with E-state index in [1.54, 1.807) is 23.3 Å². The van der Waals surface area contributed by atoms with Crippen LogP contribution in [-0.4, -0.2) is 32.3 Å². The van der Waals surface area contributed by atoms with Crippen LogP contribution in [0, 0.1) is 0 Å². The number of carbonyl (C=O) groups is 1. The summed E-state index contributed by atoms with van der Waals surface area (Å²) in [6.07, 6.45) is 5.12. The summed E-state index contributed by atoms with van der Waals surface area (Å²) in [4.78, 5) is 22.0. The summed E-state index contributed by atoms with van der Waals surface area (Å²) in [7, 11) is 0. The molecule has 5 rings (SSSR count). The maximum absolute atomic E-state index is 13.3. The highest BCUT2D eigenvalue weighted by molar-refractivity contribution is 7.22. The van der Waals surface area contributed by atoms with Crippen LogP contribution in [0.2, 0.25) is 0 Å². The van der Waals surface area contributed by atoms with Crippen molar-refractivity contribution in [1.29, 1.82) is 0 Å². The third-order valence-electron chi connectivity index (χ3n) is 4.81. The van der Waals surface area contributed by atoms with Gasteiger partial charge in [-0.3, -0.25) is 15.1 Å². The Labute approximate surface area is 188 Å². The second-order valence-electron chi connectivity index (χ2n) is 6.95. The van der Waals surface area contributed by atoms with Crippen LogP contribution in [-0.2, 0) is 0 Å². The average molecular weight is 442 g/mol. The SMILES string of the molecule is CCOc1ccc2nc(NC(=O)c3cn(-c4ccccc4)nc3-c3cccnc3)sc2c1. The van der Waals surface area contributed by atoms with Crippen LogP contribution in [0.5, 0.6) is 5.75 Å². The molecule has 8 heteroatoms. The van der Waals surface area contributed by atoms with Gasteiger partial charge < -0.3 is 4.74 Å². The first kappa shape index (κ1) is 19.9. The van der Waals surface area contributed by atoms with E-state index in [2.05, 4.69) is 20.4 Å². The molecule has 0 aliphatic rings. The molecule has 0 aliphatic carbocycles. The first-order chi connectivity index (χ1) is 15.7. The molecule has 5 aromatic rings. The number of amides is 1. The lowest BCUT2D eigenvalue weighted by Crippen LogP contribution is -2.12. The number of ether oxygens (including phenoxy) is 1. The van der Waals surface area contributed by atoms with Crippen molar-refractivity contribution in [2.45, 2.75) is 6.92 Å². The second-order valence-corrected chi connectivity index (χ2v) is 7.98. The first-order valence-corrected chi connectivity index (χ1v) is 10.9. The molecule has 0 spiro atoms. The van der Waals surface area contributed by atoms with E-state index in [9.17, 15) is 4.79 Å². The standard InChI is InChI=1S/C24H19N5O2S/c1-2-31-18-10-11-20-21(13-18)32-24(26-20)27-23(30)19-15-29(17-8-4-3-5-9-17)28-22(19)16-7-6-12-25-14-16/h3-15H,2H2,1H3,(H,26,27,30). The Kier molecular flexibility index (Phi) is 5.35. The number of rotatable bonds is 6. The lowest BCUT2D eigenvalue weighted by molar-refractivity contribution is 0.102. The summed E-state index contributed by atoms with van der Waals surface area (Å²) in [5, 5.41) is 8.12. The Morgan fingerprint density at radius 1 is 1.12 bits per heavy atom. The van der Waals surface area contributed by atoms with Crippen molar-refractivity contribution in [3.8, 4) is 22.7 Å². The maximum Gasteiger partial charge on any atom is 0.261 e. The molecular formula is C24H19N5O2S.